The summed E-state index contributed by atoms with van der Waals surface area (Å²) >= 11 is 0. The number of nitriles is 1. The molecule has 1 atom stereocenters. The number of aromatic nitrogens is 2. The van der Waals surface area contributed by atoms with Crippen LogP contribution in [0.1, 0.15) is 26.6 Å². The quantitative estimate of drug-likeness (QED) is 0.839. The zero-order valence-electron chi connectivity index (χ0n) is 10.8. The van der Waals surface area contributed by atoms with Crippen LogP contribution in [-0.4, -0.2) is 35.8 Å². The van der Waals surface area contributed by atoms with Gasteiger partial charge in [-0.25, -0.2) is 13.4 Å². The second-order valence-electron chi connectivity index (χ2n) is 4.03. The number of aryl methyl sites for hydroxylation is 1. The SMILES string of the molecule is CCc1ncc(S(=O)(=O)N(CC)CC(C)C#N)[nH]1. The van der Waals surface area contributed by atoms with Crippen molar-refractivity contribution in [2.75, 3.05) is 13.1 Å². The summed E-state index contributed by atoms with van der Waals surface area (Å²) in [5.74, 6) is 0.297. The molecule has 0 aromatic carbocycles. The lowest BCUT2D eigenvalue weighted by Gasteiger charge is -2.20. The van der Waals surface area contributed by atoms with E-state index in [0.717, 1.165) is 0 Å². The lowest BCUT2D eigenvalue weighted by atomic mass is 10.2. The molecule has 0 radical (unpaired) electrons. The van der Waals surface area contributed by atoms with Gasteiger partial charge < -0.3 is 4.98 Å². The molecule has 100 valence electrons. The average molecular weight is 270 g/mol. The van der Waals surface area contributed by atoms with Gasteiger partial charge in [0, 0.05) is 19.5 Å². The molecule has 1 N–H and O–H groups in total. The number of sulfonamides is 1. The molecule has 0 saturated carbocycles. The highest BCUT2D eigenvalue weighted by molar-refractivity contribution is 7.89. The Bertz CT molecular complexity index is 529. The minimum Gasteiger partial charge on any atom is -0.332 e. The standard InChI is InChI=1S/C11H18N4O2S/c1-4-10-13-7-11(14-10)18(16,17)15(5-2)8-9(3)6-12/h7,9H,4-5,8H2,1-3H3,(H,13,14). The molecule has 0 aliphatic heterocycles. The summed E-state index contributed by atoms with van der Waals surface area (Å²) in [5.41, 5.74) is 0. The van der Waals surface area contributed by atoms with Gasteiger partial charge in [0.15, 0.2) is 5.03 Å². The molecule has 0 aliphatic carbocycles. The number of hydrogen-bond acceptors (Lipinski definition) is 4. The normalized spacial score (nSPS) is 13.5. The van der Waals surface area contributed by atoms with Crippen molar-refractivity contribution in [2.45, 2.75) is 32.2 Å². The van der Waals surface area contributed by atoms with Crippen molar-refractivity contribution in [2.24, 2.45) is 5.92 Å². The van der Waals surface area contributed by atoms with Gasteiger partial charge in [0.2, 0.25) is 0 Å². The lowest BCUT2D eigenvalue weighted by Crippen LogP contribution is -2.34. The number of H-pyrrole nitrogens is 1. The molecule has 1 heterocycles. The third kappa shape index (κ3) is 3.09. The second-order valence-corrected chi connectivity index (χ2v) is 5.94. The van der Waals surface area contributed by atoms with Crippen molar-refractivity contribution < 1.29 is 8.42 Å². The summed E-state index contributed by atoms with van der Waals surface area (Å²) in [5, 5.41) is 8.86. The predicted octanol–water partition coefficient (Wildman–Crippen LogP) is 1.14. The molecule has 0 fully saturated rings. The molecule has 18 heavy (non-hydrogen) atoms. The number of imidazole rings is 1. The Morgan fingerprint density at radius 1 is 1.56 bits per heavy atom. The van der Waals surface area contributed by atoms with E-state index >= 15 is 0 Å². The van der Waals surface area contributed by atoms with Crippen molar-refractivity contribution in [3.05, 3.63) is 12.0 Å². The molecular formula is C11H18N4O2S. The molecule has 7 heteroatoms. The Morgan fingerprint density at radius 3 is 2.67 bits per heavy atom. The van der Waals surface area contributed by atoms with Gasteiger partial charge >= 0.3 is 0 Å². The maximum absolute atomic E-state index is 12.3. The minimum absolute atomic E-state index is 0.0892. The summed E-state index contributed by atoms with van der Waals surface area (Å²) < 4.78 is 25.9. The number of rotatable bonds is 6. The zero-order valence-corrected chi connectivity index (χ0v) is 11.7. The van der Waals surface area contributed by atoms with Gasteiger partial charge in [-0.3, -0.25) is 0 Å². The van der Waals surface area contributed by atoms with Gasteiger partial charge in [-0.1, -0.05) is 13.8 Å². The highest BCUT2D eigenvalue weighted by atomic mass is 32.2. The summed E-state index contributed by atoms with van der Waals surface area (Å²) in [6.45, 7) is 5.86. The molecule has 0 aliphatic rings. The van der Waals surface area contributed by atoms with Crippen LogP contribution < -0.4 is 0 Å². The van der Waals surface area contributed by atoms with E-state index in [9.17, 15) is 8.42 Å². The zero-order chi connectivity index (χ0) is 13.8. The Balaban J connectivity index is 3.00. The lowest BCUT2D eigenvalue weighted by molar-refractivity contribution is 0.398. The van der Waals surface area contributed by atoms with Crippen LogP contribution in [0.3, 0.4) is 0 Å². The molecule has 0 bridgehead atoms. The van der Waals surface area contributed by atoms with Gasteiger partial charge in [0.1, 0.15) is 5.82 Å². The van der Waals surface area contributed by atoms with Gasteiger partial charge in [0.25, 0.3) is 10.0 Å². The molecule has 6 nitrogen and oxygen atoms in total. The van der Waals surface area contributed by atoms with E-state index in [2.05, 4.69) is 9.97 Å². The third-order valence-electron chi connectivity index (χ3n) is 2.61. The fourth-order valence-electron chi connectivity index (χ4n) is 1.54. The van der Waals surface area contributed by atoms with E-state index in [0.29, 0.717) is 18.8 Å². The van der Waals surface area contributed by atoms with E-state index < -0.39 is 10.0 Å². The van der Waals surface area contributed by atoms with E-state index in [1.807, 2.05) is 13.0 Å². The first kappa shape index (κ1) is 14.7. The van der Waals surface area contributed by atoms with Gasteiger partial charge in [-0.05, 0) is 6.92 Å². The van der Waals surface area contributed by atoms with Crippen LogP contribution >= 0.6 is 0 Å². The molecule has 1 aromatic rings. The van der Waals surface area contributed by atoms with Crippen molar-refractivity contribution in [3.8, 4) is 6.07 Å². The van der Waals surface area contributed by atoms with Crippen LogP contribution in [0.5, 0.6) is 0 Å². The molecule has 1 unspecified atom stereocenters. The highest BCUT2D eigenvalue weighted by Crippen LogP contribution is 2.15. The minimum atomic E-state index is -3.58. The summed E-state index contributed by atoms with van der Waals surface area (Å²) in [6.07, 6.45) is 1.98. The maximum Gasteiger partial charge on any atom is 0.260 e. The molecule has 0 saturated heterocycles. The monoisotopic (exact) mass is 270 g/mol. The number of hydrogen-bond donors (Lipinski definition) is 1. The topological polar surface area (TPSA) is 89.8 Å². The predicted molar refractivity (Wildman–Crippen MR) is 67.2 cm³/mol. The smallest absolute Gasteiger partial charge is 0.260 e. The Hall–Kier alpha value is -1.39. The fraction of sp³-hybridized carbons (Fsp3) is 0.636. The van der Waals surface area contributed by atoms with Crippen molar-refractivity contribution in [3.63, 3.8) is 0 Å². The van der Waals surface area contributed by atoms with E-state index in [4.69, 9.17) is 5.26 Å². The molecule has 0 amide bonds. The third-order valence-corrected chi connectivity index (χ3v) is 4.46. The van der Waals surface area contributed by atoms with Crippen LogP contribution in [0.25, 0.3) is 0 Å². The van der Waals surface area contributed by atoms with Crippen LogP contribution in [0.4, 0.5) is 0 Å². The number of nitrogens with one attached hydrogen (secondary N) is 1. The number of aromatic amines is 1. The summed E-state index contributed by atoms with van der Waals surface area (Å²) in [6, 6.07) is 2.04. The highest BCUT2D eigenvalue weighted by Gasteiger charge is 2.26. The Kier molecular flexibility index (Phi) is 4.87. The van der Waals surface area contributed by atoms with Gasteiger partial charge in [-0.15, -0.1) is 0 Å². The van der Waals surface area contributed by atoms with Crippen molar-refractivity contribution >= 4 is 10.0 Å². The Morgan fingerprint density at radius 2 is 2.22 bits per heavy atom. The molecular weight excluding hydrogens is 252 g/mol. The van der Waals surface area contributed by atoms with Crippen molar-refractivity contribution in [1.82, 2.24) is 14.3 Å². The van der Waals surface area contributed by atoms with Gasteiger partial charge in [-0.2, -0.15) is 9.57 Å². The van der Waals surface area contributed by atoms with E-state index in [-0.39, 0.29) is 17.5 Å². The van der Waals surface area contributed by atoms with E-state index in [1.54, 1.807) is 13.8 Å². The largest absolute Gasteiger partial charge is 0.332 e. The Labute approximate surface area is 108 Å². The van der Waals surface area contributed by atoms with Crippen LogP contribution in [0.2, 0.25) is 0 Å². The van der Waals surface area contributed by atoms with E-state index in [1.165, 1.54) is 10.5 Å². The summed E-state index contributed by atoms with van der Waals surface area (Å²) in [7, 11) is -3.58. The second kappa shape index (κ2) is 5.98. The maximum atomic E-state index is 12.3. The fourth-order valence-corrected chi connectivity index (χ4v) is 3.01. The first-order chi connectivity index (χ1) is 8.45. The van der Waals surface area contributed by atoms with Gasteiger partial charge in [0.05, 0.1) is 18.2 Å². The molecule has 0 spiro atoms. The van der Waals surface area contributed by atoms with Crippen LogP contribution in [0, 0.1) is 17.2 Å². The molecule has 1 rings (SSSR count). The van der Waals surface area contributed by atoms with Crippen molar-refractivity contribution in [1.29, 1.82) is 5.26 Å². The first-order valence-electron chi connectivity index (χ1n) is 5.89. The van der Waals surface area contributed by atoms with Crippen LogP contribution in [-0.2, 0) is 16.4 Å². The number of nitrogens with zero attached hydrogens (tertiary/aromatic N) is 3. The summed E-state index contributed by atoms with van der Waals surface area (Å²) in [4.78, 5) is 6.78. The first-order valence-corrected chi connectivity index (χ1v) is 7.33. The average Bonchev–Trinajstić information content (AvgIpc) is 2.84. The van der Waals surface area contributed by atoms with Crippen LogP contribution in [0.15, 0.2) is 11.2 Å². The molecule has 1 aromatic heterocycles.